The molecule has 0 spiro atoms. The number of pyridine rings is 1. The van der Waals surface area contributed by atoms with E-state index in [4.69, 9.17) is 14.6 Å². The van der Waals surface area contributed by atoms with Crippen molar-refractivity contribution in [2.24, 2.45) is 0 Å². The van der Waals surface area contributed by atoms with Gasteiger partial charge in [0.1, 0.15) is 5.75 Å². The second-order valence-electron chi connectivity index (χ2n) is 5.95. The van der Waals surface area contributed by atoms with Gasteiger partial charge in [-0.25, -0.2) is 0 Å². The van der Waals surface area contributed by atoms with Crippen LogP contribution in [0, 0.1) is 0 Å². The van der Waals surface area contributed by atoms with Gasteiger partial charge in [-0.05, 0) is 42.2 Å². The minimum atomic E-state index is -0.337. The van der Waals surface area contributed by atoms with Gasteiger partial charge in [-0.3, -0.25) is 24.7 Å². The van der Waals surface area contributed by atoms with Crippen LogP contribution < -0.4 is 10.1 Å². The van der Waals surface area contributed by atoms with Crippen LogP contribution in [0.1, 0.15) is 23.7 Å². The summed E-state index contributed by atoms with van der Waals surface area (Å²) in [5.74, 6) is 0.574. The minimum absolute atomic E-state index is 0.211. The fourth-order valence-electron chi connectivity index (χ4n) is 2.55. The Hall–Kier alpha value is -2.87. The molecule has 1 aromatic carbocycles. The van der Waals surface area contributed by atoms with E-state index in [1.54, 1.807) is 0 Å². The lowest BCUT2D eigenvalue weighted by Gasteiger charge is -2.09. The first-order chi connectivity index (χ1) is 13.5. The predicted molar refractivity (Wildman–Crippen MR) is 107 cm³/mol. The van der Waals surface area contributed by atoms with E-state index in [0.29, 0.717) is 13.0 Å². The Labute approximate surface area is 167 Å². The molecule has 2 amide bonds. The smallest absolute Gasteiger partial charge is 0.290 e. The van der Waals surface area contributed by atoms with Crippen LogP contribution in [0.25, 0.3) is 0 Å². The average Bonchev–Trinajstić information content (AvgIpc) is 3.01. The highest BCUT2D eigenvalue weighted by Crippen LogP contribution is 2.23. The van der Waals surface area contributed by atoms with Crippen molar-refractivity contribution in [3.05, 3.63) is 59.4 Å². The van der Waals surface area contributed by atoms with E-state index >= 15 is 0 Å². The van der Waals surface area contributed by atoms with Gasteiger partial charge in [0, 0.05) is 18.3 Å². The fourth-order valence-corrected chi connectivity index (χ4v) is 3.41. The summed E-state index contributed by atoms with van der Waals surface area (Å²) >= 11 is 1.05. The maximum Gasteiger partial charge on any atom is 0.290 e. The van der Waals surface area contributed by atoms with Gasteiger partial charge in [-0.15, -0.1) is 0 Å². The molecule has 1 aromatic heterocycles. The van der Waals surface area contributed by atoms with Gasteiger partial charge in [0.25, 0.3) is 11.7 Å². The number of rotatable bonds is 7. The number of carbonyl (C=O) groups excluding carboxylic acids is 2. The molecule has 1 unspecified atom stereocenters. The van der Waals surface area contributed by atoms with Crippen molar-refractivity contribution in [3.63, 3.8) is 0 Å². The van der Waals surface area contributed by atoms with Crippen molar-refractivity contribution < 1.29 is 24.2 Å². The van der Waals surface area contributed by atoms with E-state index < -0.39 is 0 Å². The molecular weight excluding hydrogens is 380 g/mol. The van der Waals surface area contributed by atoms with Crippen LogP contribution in [0.2, 0.25) is 0 Å². The summed E-state index contributed by atoms with van der Waals surface area (Å²) in [4.78, 5) is 35.6. The average molecular weight is 402 g/mol. The predicted octanol–water partition coefficient (Wildman–Crippen LogP) is 2.86. The van der Waals surface area contributed by atoms with Gasteiger partial charge in [-0.2, -0.15) is 0 Å². The highest BCUT2D eigenvalue weighted by Gasteiger charge is 2.31. The number of benzene rings is 1. The lowest BCUT2D eigenvalue weighted by molar-refractivity contribution is -0.123. The number of hydrogen-bond acceptors (Lipinski definition) is 6. The Morgan fingerprint density at radius 1 is 1.18 bits per heavy atom. The lowest BCUT2D eigenvalue weighted by Crippen LogP contribution is -2.25. The number of hydrogen-bond donors (Lipinski definition) is 2. The highest BCUT2D eigenvalue weighted by molar-refractivity contribution is 8.15. The van der Waals surface area contributed by atoms with Crippen molar-refractivity contribution in [1.82, 2.24) is 10.3 Å². The number of ether oxygens (including phenoxy) is 1. The third-order valence-electron chi connectivity index (χ3n) is 4.03. The minimum Gasteiger partial charge on any atom is -0.493 e. The number of aromatic nitrogens is 1. The molecule has 2 aromatic rings. The Bertz CT molecular complexity index is 793. The van der Waals surface area contributed by atoms with Gasteiger partial charge in [0.2, 0.25) is 5.91 Å². The molecule has 0 aliphatic carbocycles. The maximum absolute atomic E-state index is 11.6. The number of aryl methyl sites for hydroxylation is 1. The molecule has 148 valence electrons. The molecular formula is C20H22N2O5S. The summed E-state index contributed by atoms with van der Waals surface area (Å²) in [6.45, 7) is 2.42. The van der Waals surface area contributed by atoms with E-state index in [1.165, 1.54) is 5.56 Å². The van der Waals surface area contributed by atoms with Crippen LogP contribution in [0.3, 0.4) is 0 Å². The quantitative estimate of drug-likeness (QED) is 0.686. The zero-order valence-corrected chi connectivity index (χ0v) is 16.3. The van der Waals surface area contributed by atoms with Crippen LogP contribution in [0.15, 0.2) is 42.6 Å². The Balaban J connectivity index is 0.000000878. The van der Waals surface area contributed by atoms with Gasteiger partial charge >= 0.3 is 0 Å². The molecule has 1 atom stereocenters. The van der Waals surface area contributed by atoms with Crippen LogP contribution >= 0.6 is 11.8 Å². The maximum atomic E-state index is 11.6. The summed E-state index contributed by atoms with van der Waals surface area (Å²) in [5, 5.41) is 8.59. The normalized spacial score (nSPS) is 15.4. The zero-order valence-electron chi connectivity index (χ0n) is 15.5. The topological polar surface area (TPSA) is 106 Å². The second kappa shape index (κ2) is 11.1. The summed E-state index contributed by atoms with van der Waals surface area (Å²) in [7, 11) is 0. The Kier molecular flexibility index (Phi) is 8.48. The monoisotopic (exact) mass is 402 g/mol. The first-order valence-corrected chi connectivity index (χ1v) is 9.68. The lowest BCUT2D eigenvalue weighted by atomic mass is 10.1. The molecule has 7 nitrogen and oxygen atoms in total. The van der Waals surface area contributed by atoms with Gasteiger partial charge < -0.3 is 9.84 Å². The number of thioether (sulfide) groups is 1. The van der Waals surface area contributed by atoms with Gasteiger partial charge in [0.15, 0.2) is 0 Å². The molecule has 1 aliphatic rings. The molecule has 8 heteroatoms. The van der Waals surface area contributed by atoms with Gasteiger partial charge in [0.05, 0.1) is 11.9 Å². The van der Waals surface area contributed by atoms with Gasteiger partial charge in [-0.1, -0.05) is 36.9 Å². The van der Waals surface area contributed by atoms with Crippen LogP contribution in [-0.4, -0.2) is 39.6 Å². The Morgan fingerprint density at radius 3 is 2.39 bits per heavy atom. The van der Waals surface area contributed by atoms with Crippen LogP contribution in [0.5, 0.6) is 5.75 Å². The number of carbonyl (C=O) groups is 3. The van der Waals surface area contributed by atoms with Crippen molar-refractivity contribution in [2.75, 3.05) is 6.61 Å². The summed E-state index contributed by atoms with van der Waals surface area (Å²) in [5.41, 5.74) is 3.25. The molecule has 1 fully saturated rings. The van der Waals surface area contributed by atoms with E-state index in [1.807, 2.05) is 36.5 Å². The first kappa shape index (κ1) is 21.4. The van der Waals surface area contributed by atoms with Crippen LogP contribution in [0.4, 0.5) is 4.79 Å². The van der Waals surface area contributed by atoms with E-state index in [-0.39, 0.29) is 22.9 Å². The molecule has 3 rings (SSSR count). The third kappa shape index (κ3) is 6.70. The SMILES string of the molecule is CCc1ccc(CCOc2ccc(CC3SC(=O)NC3=O)cc2)nc1.O=CO. The summed E-state index contributed by atoms with van der Waals surface area (Å²) < 4.78 is 5.75. The number of nitrogens with one attached hydrogen (secondary N) is 1. The summed E-state index contributed by atoms with van der Waals surface area (Å²) in [6.07, 6.45) is 4.19. The first-order valence-electron chi connectivity index (χ1n) is 8.80. The zero-order chi connectivity index (χ0) is 20.4. The van der Waals surface area contributed by atoms with E-state index in [2.05, 4.69) is 23.3 Å². The molecule has 0 bridgehead atoms. The molecule has 1 aliphatic heterocycles. The third-order valence-corrected chi connectivity index (χ3v) is 5.01. The van der Waals surface area contributed by atoms with E-state index in [9.17, 15) is 9.59 Å². The fraction of sp³-hybridized carbons (Fsp3) is 0.300. The largest absolute Gasteiger partial charge is 0.493 e. The number of carboxylic acid groups (broad SMARTS) is 1. The standard InChI is InChI=1S/C19H20N2O3S.CH2O2/c1-2-13-3-6-15(20-12-13)9-10-24-16-7-4-14(5-8-16)11-17-18(22)21-19(23)25-17;2-1-3/h3-8,12,17H,2,9-11H2,1H3,(H,21,22,23);1H,(H,2,3). The van der Waals surface area contributed by atoms with Crippen molar-refractivity contribution in [1.29, 1.82) is 0 Å². The molecule has 2 heterocycles. The van der Waals surface area contributed by atoms with E-state index in [0.717, 1.165) is 41.6 Å². The highest BCUT2D eigenvalue weighted by atomic mass is 32.2. The molecule has 28 heavy (non-hydrogen) atoms. The summed E-state index contributed by atoms with van der Waals surface area (Å²) in [6, 6.07) is 11.8. The molecule has 0 radical (unpaired) electrons. The Morgan fingerprint density at radius 2 is 1.86 bits per heavy atom. The number of nitrogens with zero attached hydrogens (tertiary/aromatic N) is 1. The van der Waals surface area contributed by atoms with Crippen molar-refractivity contribution in [2.45, 2.75) is 31.4 Å². The number of imide groups is 1. The molecule has 0 saturated carbocycles. The van der Waals surface area contributed by atoms with Crippen molar-refractivity contribution in [3.8, 4) is 5.75 Å². The second-order valence-corrected chi connectivity index (χ2v) is 7.12. The molecule has 2 N–H and O–H groups in total. The van der Waals surface area contributed by atoms with Crippen molar-refractivity contribution >= 4 is 29.4 Å². The molecule has 1 saturated heterocycles. The van der Waals surface area contributed by atoms with Crippen LogP contribution in [-0.2, 0) is 28.9 Å². The number of amides is 2.